The molecule has 1 N–H and O–H groups in total. The van der Waals surface area contributed by atoms with Crippen LogP contribution in [0.2, 0.25) is 5.02 Å². The van der Waals surface area contributed by atoms with Crippen molar-refractivity contribution in [2.24, 2.45) is 0 Å². The number of para-hydroxylation sites is 1. The number of hydrogen-bond donors (Lipinski definition) is 1. The van der Waals surface area contributed by atoms with E-state index in [9.17, 15) is 4.79 Å². The van der Waals surface area contributed by atoms with Crippen molar-refractivity contribution in [3.05, 3.63) is 89.4 Å². The van der Waals surface area contributed by atoms with Crippen LogP contribution in [-0.4, -0.2) is 5.91 Å². The number of rotatable bonds is 5. The minimum Gasteiger partial charge on any atom is -0.455 e. The molecule has 0 spiro atoms. The lowest BCUT2D eigenvalue weighted by atomic mass is 9.78. The van der Waals surface area contributed by atoms with Gasteiger partial charge >= 0.3 is 0 Å². The Morgan fingerprint density at radius 3 is 2.21 bits per heavy atom. The van der Waals surface area contributed by atoms with Gasteiger partial charge in [0.25, 0.3) is 0 Å². The second kappa shape index (κ2) is 8.07. The summed E-state index contributed by atoms with van der Waals surface area (Å²) in [5.41, 5.74) is 1.15. The van der Waals surface area contributed by atoms with Crippen LogP contribution in [0.25, 0.3) is 0 Å². The fraction of sp³-hybridized carbons (Fsp3) is 0.208. The zero-order valence-corrected chi connectivity index (χ0v) is 16.3. The predicted molar refractivity (Wildman–Crippen MR) is 113 cm³/mol. The third-order valence-electron chi connectivity index (χ3n) is 5.38. The molecule has 0 saturated heterocycles. The second-order valence-corrected chi connectivity index (χ2v) is 7.60. The highest BCUT2D eigenvalue weighted by Gasteiger charge is 2.42. The van der Waals surface area contributed by atoms with E-state index in [-0.39, 0.29) is 5.91 Å². The van der Waals surface area contributed by atoms with Gasteiger partial charge in [-0.1, -0.05) is 73.0 Å². The largest absolute Gasteiger partial charge is 0.455 e. The van der Waals surface area contributed by atoms with E-state index in [1.165, 1.54) is 0 Å². The number of anilines is 1. The molecule has 1 aliphatic carbocycles. The van der Waals surface area contributed by atoms with Crippen LogP contribution in [0.5, 0.6) is 11.5 Å². The molecule has 28 heavy (non-hydrogen) atoms. The molecule has 0 radical (unpaired) electrons. The normalized spacial score (nSPS) is 15.2. The van der Waals surface area contributed by atoms with Gasteiger partial charge in [0.05, 0.1) is 11.1 Å². The first-order valence-corrected chi connectivity index (χ1v) is 9.95. The average molecular weight is 392 g/mol. The summed E-state index contributed by atoms with van der Waals surface area (Å²) in [4.78, 5) is 13.4. The zero-order valence-electron chi connectivity index (χ0n) is 15.5. The van der Waals surface area contributed by atoms with Gasteiger partial charge < -0.3 is 10.1 Å². The highest BCUT2D eigenvalue weighted by molar-refractivity contribution is 6.31. The van der Waals surface area contributed by atoms with Crippen LogP contribution >= 0.6 is 11.6 Å². The number of ether oxygens (including phenoxy) is 1. The smallest absolute Gasteiger partial charge is 0.235 e. The maximum absolute atomic E-state index is 13.4. The van der Waals surface area contributed by atoms with Crippen LogP contribution in [-0.2, 0) is 10.2 Å². The molecule has 3 aromatic rings. The second-order valence-electron chi connectivity index (χ2n) is 7.16. The first-order valence-electron chi connectivity index (χ1n) is 9.57. The van der Waals surface area contributed by atoms with Crippen molar-refractivity contribution in [1.82, 2.24) is 0 Å². The van der Waals surface area contributed by atoms with Crippen LogP contribution < -0.4 is 10.1 Å². The van der Waals surface area contributed by atoms with E-state index in [4.69, 9.17) is 16.3 Å². The molecular formula is C24H22ClNO2. The minimum atomic E-state index is -0.506. The lowest BCUT2D eigenvalue weighted by Gasteiger charge is -2.28. The summed E-state index contributed by atoms with van der Waals surface area (Å²) in [5.74, 6) is 1.28. The topological polar surface area (TPSA) is 38.3 Å². The van der Waals surface area contributed by atoms with E-state index in [0.29, 0.717) is 22.2 Å². The molecule has 0 aromatic heterocycles. The Balaban J connectivity index is 1.64. The third-order valence-corrected chi connectivity index (χ3v) is 5.61. The number of benzene rings is 3. The van der Waals surface area contributed by atoms with Gasteiger partial charge in [-0.2, -0.15) is 0 Å². The van der Waals surface area contributed by atoms with Crippen LogP contribution in [0.15, 0.2) is 78.9 Å². The Labute approximate surface area is 170 Å². The molecule has 1 aliphatic rings. The van der Waals surface area contributed by atoms with Crippen molar-refractivity contribution >= 4 is 23.2 Å². The van der Waals surface area contributed by atoms with Crippen molar-refractivity contribution in [2.45, 2.75) is 31.1 Å². The first kappa shape index (κ1) is 18.6. The summed E-state index contributed by atoms with van der Waals surface area (Å²) in [6, 6.07) is 24.8. The Morgan fingerprint density at radius 2 is 1.54 bits per heavy atom. The lowest BCUT2D eigenvalue weighted by Crippen LogP contribution is -2.38. The molecule has 1 fully saturated rings. The summed E-state index contributed by atoms with van der Waals surface area (Å²) in [6.45, 7) is 0. The van der Waals surface area contributed by atoms with Crippen molar-refractivity contribution in [3.8, 4) is 11.5 Å². The van der Waals surface area contributed by atoms with Crippen molar-refractivity contribution in [1.29, 1.82) is 0 Å². The van der Waals surface area contributed by atoms with E-state index in [1.54, 1.807) is 18.2 Å². The maximum Gasteiger partial charge on any atom is 0.235 e. The summed E-state index contributed by atoms with van der Waals surface area (Å²) in [6.07, 6.45) is 3.78. The molecule has 0 unspecified atom stereocenters. The highest BCUT2D eigenvalue weighted by atomic mass is 35.5. The molecule has 0 heterocycles. The van der Waals surface area contributed by atoms with Gasteiger partial charge in [0, 0.05) is 5.02 Å². The van der Waals surface area contributed by atoms with Crippen LogP contribution in [0.1, 0.15) is 31.2 Å². The zero-order chi connectivity index (χ0) is 19.4. The maximum atomic E-state index is 13.4. The van der Waals surface area contributed by atoms with E-state index in [2.05, 4.69) is 5.32 Å². The third kappa shape index (κ3) is 3.76. The van der Waals surface area contributed by atoms with Gasteiger partial charge in [0.1, 0.15) is 5.75 Å². The summed E-state index contributed by atoms with van der Waals surface area (Å²) in [5, 5.41) is 3.66. The van der Waals surface area contributed by atoms with E-state index in [0.717, 1.165) is 31.2 Å². The van der Waals surface area contributed by atoms with Crippen molar-refractivity contribution in [2.75, 3.05) is 5.32 Å². The highest BCUT2D eigenvalue weighted by Crippen LogP contribution is 2.43. The Hall–Kier alpha value is -2.78. The van der Waals surface area contributed by atoms with Gasteiger partial charge in [-0.3, -0.25) is 4.79 Å². The molecule has 4 heteroatoms. The molecule has 3 aromatic carbocycles. The van der Waals surface area contributed by atoms with Gasteiger partial charge in [-0.05, 0) is 48.7 Å². The Bertz CT molecular complexity index is 951. The van der Waals surface area contributed by atoms with E-state index < -0.39 is 5.41 Å². The number of amides is 1. The molecule has 3 nitrogen and oxygen atoms in total. The average Bonchev–Trinajstić information content (AvgIpc) is 3.23. The van der Waals surface area contributed by atoms with Crippen LogP contribution in [0, 0.1) is 0 Å². The van der Waals surface area contributed by atoms with E-state index >= 15 is 0 Å². The molecule has 0 bridgehead atoms. The van der Waals surface area contributed by atoms with Gasteiger partial charge in [-0.25, -0.2) is 0 Å². The number of nitrogens with one attached hydrogen (secondary N) is 1. The molecule has 142 valence electrons. The first-order chi connectivity index (χ1) is 13.7. The van der Waals surface area contributed by atoms with Crippen LogP contribution in [0.4, 0.5) is 5.69 Å². The van der Waals surface area contributed by atoms with Crippen LogP contribution in [0.3, 0.4) is 0 Å². The number of hydrogen-bond acceptors (Lipinski definition) is 2. The minimum absolute atomic E-state index is 0.00335. The SMILES string of the molecule is O=C(Nc1cc(Cl)ccc1Oc1ccccc1)C1(c2ccccc2)CCCC1. The van der Waals surface area contributed by atoms with E-state index in [1.807, 2.05) is 60.7 Å². The predicted octanol–water partition coefficient (Wildman–Crippen LogP) is 6.58. The number of carbonyl (C=O) groups excluding carboxylic acids is 1. The number of halogens is 1. The van der Waals surface area contributed by atoms with Crippen molar-refractivity contribution in [3.63, 3.8) is 0 Å². The van der Waals surface area contributed by atoms with Gasteiger partial charge in [0.15, 0.2) is 5.75 Å². The number of carbonyl (C=O) groups is 1. The molecule has 4 rings (SSSR count). The molecule has 0 aliphatic heterocycles. The Kier molecular flexibility index (Phi) is 5.36. The quantitative estimate of drug-likeness (QED) is 0.533. The molecule has 0 atom stereocenters. The fourth-order valence-corrected chi connectivity index (χ4v) is 4.10. The molecular weight excluding hydrogens is 370 g/mol. The lowest BCUT2D eigenvalue weighted by molar-refractivity contribution is -0.121. The summed E-state index contributed by atoms with van der Waals surface area (Å²) >= 11 is 6.21. The van der Waals surface area contributed by atoms with Gasteiger partial charge in [0.2, 0.25) is 5.91 Å². The summed E-state index contributed by atoms with van der Waals surface area (Å²) < 4.78 is 5.99. The fourth-order valence-electron chi connectivity index (χ4n) is 3.93. The monoisotopic (exact) mass is 391 g/mol. The standard InChI is InChI=1S/C24H22ClNO2/c25-19-13-14-22(28-20-11-5-2-6-12-20)21(17-19)26-23(27)24(15-7-8-16-24)18-9-3-1-4-10-18/h1-6,9-14,17H,7-8,15-16H2,(H,26,27). The summed E-state index contributed by atoms with van der Waals surface area (Å²) in [7, 11) is 0. The van der Waals surface area contributed by atoms with Gasteiger partial charge in [-0.15, -0.1) is 0 Å². The molecule has 1 saturated carbocycles. The Morgan fingerprint density at radius 1 is 0.893 bits per heavy atom. The van der Waals surface area contributed by atoms with Crippen molar-refractivity contribution < 1.29 is 9.53 Å². The molecule has 1 amide bonds.